The third-order valence-corrected chi connectivity index (χ3v) is 4.54. The van der Waals surface area contributed by atoms with Gasteiger partial charge in [0, 0.05) is 25.0 Å². The number of para-hydroxylation sites is 1. The molecule has 0 aliphatic heterocycles. The van der Waals surface area contributed by atoms with Gasteiger partial charge in [-0.15, -0.1) is 0 Å². The van der Waals surface area contributed by atoms with Gasteiger partial charge < -0.3 is 14.7 Å². The van der Waals surface area contributed by atoms with Crippen LogP contribution in [0.25, 0.3) is 0 Å². The summed E-state index contributed by atoms with van der Waals surface area (Å²) in [7, 11) is 1.74. The minimum Gasteiger partial charge on any atom is -0.488 e. The Morgan fingerprint density at radius 2 is 1.88 bits per heavy atom. The fourth-order valence-corrected chi connectivity index (χ4v) is 3.19. The number of pyridine rings is 1. The number of nitrogens with zero attached hydrogens (tertiary/aromatic N) is 2. The third-order valence-electron chi connectivity index (χ3n) is 4.54. The molecule has 1 heterocycles. The average molecular weight is 326 g/mol. The predicted octanol–water partition coefficient (Wildman–Crippen LogP) is 2.51. The summed E-state index contributed by atoms with van der Waals surface area (Å²) in [5.74, 6) is 0.632. The first-order valence-corrected chi connectivity index (χ1v) is 8.24. The van der Waals surface area contributed by atoms with Crippen LogP contribution in [-0.2, 0) is 0 Å². The van der Waals surface area contributed by atoms with Gasteiger partial charge in [-0.1, -0.05) is 18.2 Å². The Morgan fingerprint density at radius 3 is 2.58 bits per heavy atom. The Hall–Kier alpha value is -2.40. The monoisotopic (exact) mass is 326 g/mol. The van der Waals surface area contributed by atoms with E-state index in [1.807, 2.05) is 30.3 Å². The summed E-state index contributed by atoms with van der Waals surface area (Å²) in [5, 5.41) is 10.7. The van der Waals surface area contributed by atoms with Crippen LogP contribution in [0.2, 0.25) is 0 Å². The van der Waals surface area contributed by atoms with Crippen molar-refractivity contribution in [1.29, 1.82) is 0 Å². The van der Waals surface area contributed by atoms with Crippen molar-refractivity contribution >= 4 is 5.91 Å². The van der Waals surface area contributed by atoms with E-state index < -0.39 is 6.10 Å². The molecule has 1 aliphatic rings. The molecule has 3 rings (SSSR count). The van der Waals surface area contributed by atoms with E-state index in [9.17, 15) is 9.90 Å². The zero-order chi connectivity index (χ0) is 16.9. The second kappa shape index (κ2) is 7.45. The number of hydrogen-bond acceptors (Lipinski definition) is 4. The van der Waals surface area contributed by atoms with Crippen molar-refractivity contribution in [3.05, 3.63) is 60.4 Å². The van der Waals surface area contributed by atoms with Crippen LogP contribution in [0.3, 0.4) is 0 Å². The minimum atomic E-state index is -0.713. The van der Waals surface area contributed by atoms with Crippen LogP contribution in [0, 0.1) is 0 Å². The Balaban J connectivity index is 1.70. The molecule has 2 aromatic rings. The number of aromatic nitrogens is 1. The maximum atomic E-state index is 12.6. The lowest BCUT2D eigenvalue weighted by atomic mass is 9.88. The van der Waals surface area contributed by atoms with Gasteiger partial charge in [0.05, 0.1) is 6.04 Å². The van der Waals surface area contributed by atoms with E-state index in [1.165, 1.54) is 0 Å². The molecule has 126 valence electrons. The van der Waals surface area contributed by atoms with Crippen LogP contribution in [0.5, 0.6) is 5.75 Å². The number of ether oxygens (including phenoxy) is 1. The van der Waals surface area contributed by atoms with Crippen LogP contribution in [-0.4, -0.2) is 46.2 Å². The second-order valence-electron chi connectivity index (χ2n) is 6.11. The zero-order valence-electron chi connectivity index (χ0n) is 13.7. The second-order valence-corrected chi connectivity index (χ2v) is 6.11. The SMILES string of the molecule is CN(C(=O)c1ccncc1)[C@@H]1CCC[C@H](Oc2ccccc2)[C@H]1O. The molecule has 0 spiro atoms. The molecular formula is C19H22N2O3. The van der Waals surface area contributed by atoms with Crippen molar-refractivity contribution in [2.24, 2.45) is 0 Å². The molecule has 5 nitrogen and oxygen atoms in total. The van der Waals surface area contributed by atoms with E-state index in [2.05, 4.69) is 4.98 Å². The van der Waals surface area contributed by atoms with Crippen molar-refractivity contribution in [1.82, 2.24) is 9.88 Å². The molecule has 0 radical (unpaired) electrons. The highest BCUT2D eigenvalue weighted by Gasteiger charge is 2.37. The van der Waals surface area contributed by atoms with Crippen LogP contribution < -0.4 is 4.74 Å². The van der Waals surface area contributed by atoms with Crippen LogP contribution >= 0.6 is 0 Å². The number of carbonyl (C=O) groups excluding carboxylic acids is 1. The molecule has 1 amide bonds. The molecular weight excluding hydrogens is 304 g/mol. The van der Waals surface area contributed by atoms with Gasteiger partial charge in [-0.05, 0) is 43.5 Å². The highest BCUT2D eigenvalue weighted by molar-refractivity contribution is 5.94. The van der Waals surface area contributed by atoms with Gasteiger partial charge in [-0.2, -0.15) is 0 Å². The number of rotatable bonds is 4. The Kier molecular flexibility index (Phi) is 5.11. The molecule has 0 unspecified atom stereocenters. The molecule has 3 atom stereocenters. The highest BCUT2D eigenvalue weighted by Crippen LogP contribution is 2.27. The number of likely N-dealkylation sites (N-methyl/N-ethyl adjacent to an activating group) is 1. The fourth-order valence-electron chi connectivity index (χ4n) is 3.19. The smallest absolute Gasteiger partial charge is 0.254 e. The molecule has 1 aliphatic carbocycles. The van der Waals surface area contributed by atoms with Crippen molar-refractivity contribution in [3.63, 3.8) is 0 Å². The van der Waals surface area contributed by atoms with Gasteiger partial charge in [-0.25, -0.2) is 0 Å². The Morgan fingerprint density at radius 1 is 1.17 bits per heavy atom. The van der Waals surface area contributed by atoms with E-state index >= 15 is 0 Å². The van der Waals surface area contributed by atoms with E-state index in [0.717, 1.165) is 25.0 Å². The first-order chi connectivity index (χ1) is 11.7. The standard InChI is InChI=1S/C19H22N2O3/c1-21(19(23)14-10-12-20-13-11-14)16-8-5-9-17(18(16)22)24-15-6-3-2-4-7-15/h2-4,6-7,10-13,16-18,22H,5,8-9H2,1H3/t16-,17+,18+/m1/s1. The third kappa shape index (κ3) is 3.57. The van der Waals surface area contributed by atoms with Crippen LogP contribution in [0.1, 0.15) is 29.6 Å². The summed E-state index contributed by atoms with van der Waals surface area (Å²) < 4.78 is 5.94. The lowest BCUT2D eigenvalue weighted by molar-refractivity contribution is -0.0412. The predicted molar refractivity (Wildman–Crippen MR) is 90.8 cm³/mol. The van der Waals surface area contributed by atoms with Gasteiger partial charge in [0.1, 0.15) is 18.0 Å². The lowest BCUT2D eigenvalue weighted by Crippen LogP contribution is -2.53. The Bertz CT molecular complexity index is 663. The summed E-state index contributed by atoms with van der Waals surface area (Å²) >= 11 is 0. The number of aliphatic hydroxyl groups is 1. The highest BCUT2D eigenvalue weighted by atomic mass is 16.5. The van der Waals surface area contributed by atoms with E-state index in [4.69, 9.17) is 4.74 Å². The molecule has 1 N–H and O–H groups in total. The molecule has 1 saturated carbocycles. The summed E-state index contributed by atoms with van der Waals surface area (Å²) in [4.78, 5) is 18.2. The molecule has 0 saturated heterocycles. The molecule has 1 fully saturated rings. The van der Waals surface area contributed by atoms with Crippen LogP contribution in [0.15, 0.2) is 54.9 Å². The van der Waals surface area contributed by atoms with E-state index in [1.54, 1.807) is 36.5 Å². The quantitative estimate of drug-likeness (QED) is 0.938. The summed E-state index contributed by atoms with van der Waals surface area (Å²) in [6, 6.07) is 12.6. The normalized spacial score (nSPS) is 23.5. The van der Waals surface area contributed by atoms with Gasteiger partial charge in [0.15, 0.2) is 0 Å². The maximum Gasteiger partial charge on any atom is 0.254 e. The molecule has 24 heavy (non-hydrogen) atoms. The fraction of sp³-hybridized carbons (Fsp3) is 0.368. The molecule has 5 heteroatoms. The first kappa shape index (κ1) is 16.5. The van der Waals surface area contributed by atoms with Gasteiger partial charge >= 0.3 is 0 Å². The van der Waals surface area contributed by atoms with Crippen molar-refractivity contribution < 1.29 is 14.6 Å². The van der Waals surface area contributed by atoms with Crippen LogP contribution in [0.4, 0.5) is 0 Å². The number of benzene rings is 1. The Labute approximate surface area is 141 Å². The van der Waals surface area contributed by atoms with E-state index in [-0.39, 0.29) is 18.1 Å². The van der Waals surface area contributed by atoms with Crippen molar-refractivity contribution in [2.45, 2.75) is 37.5 Å². The lowest BCUT2D eigenvalue weighted by Gasteiger charge is -2.39. The molecule has 0 bridgehead atoms. The van der Waals surface area contributed by atoms with Gasteiger partial charge in [0.25, 0.3) is 5.91 Å². The van der Waals surface area contributed by atoms with E-state index in [0.29, 0.717) is 5.56 Å². The minimum absolute atomic E-state index is 0.109. The summed E-state index contributed by atoms with van der Waals surface area (Å²) in [6.45, 7) is 0. The largest absolute Gasteiger partial charge is 0.488 e. The first-order valence-electron chi connectivity index (χ1n) is 8.24. The number of aliphatic hydroxyl groups excluding tert-OH is 1. The number of carbonyl (C=O) groups is 1. The zero-order valence-corrected chi connectivity index (χ0v) is 13.7. The maximum absolute atomic E-state index is 12.6. The topological polar surface area (TPSA) is 62.7 Å². The van der Waals surface area contributed by atoms with Crippen molar-refractivity contribution in [3.8, 4) is 5.75 Å². The van der Waals surface area contributed by atoms with Gasteiger partial charge in [0.2, 0.25) is 0 Å². The molecule has 1 aromatic heterocycles. The average Bonchev–Trinajstić information content (AvgIpc) is 2.64. The van der Waals surface area contributed by atoms with Crippen molar-refractivity contribution in [2.75, 3.05) is 7.05 Å². The summed E-state index contributed by atoms with van der Waals surface area (Å²) in [6.07, 6.45) is 4.63. The molecule has 1 aromatic carbocycles. The summed E-state index contributed by atoms with van der Waals surface area (Å²) in [5.41, 5.74) is 0.575. The number of hydrogen-bond donors (Lipinski definition) is 1. The van der Waals surface area contributed by atoms with Gasteiger partial charge in [-0.3, -0.25) is 9.78 Å². The number of amides is 1.